The monoisotopic (exact) mass is 277 g/mol. The minimum absolute atomic E-state index is 0.471. The first-order valence-electron chi connectivity index (χ1n) is 7.96. The molecule has 20 heavy (non-hydrogen) atoms. The van der Waals surface area contributed by atoms with E-state index in [9.17, 15) is 0 Å². The SMILES string of the molecule is CCCNC(CCCC(C)C)c1ccc(OC)c(C)c1. The van der Waals surface area contributed by atoms with E-state index in [2.05, 4.69) is 51.2 Å². The minimum atomic E-state index is 0.471. The van der Waals surface area contributed by atoms with Crippen LogP contribution in [-0.4, -0.2) is 13.7 Å². The van der Waals surface area contributed by atoms with Crippen LogP contribution in [-0.2, 0) is 0 Å². The Bertz CT molecular complexity index is 387. The summed E-state index contributed by atoms with van der Waals surface area (Å²) in [6.45, 7) is 10.0. The number of benzene rings is 1. The highest BCUT2D eigenvalue weighted by atomic mass is 16.5. The molecule has 0 radical (unpaired) electrons. The van der Waals surface area contributed by atoms with E-state index in [-0.39, 0.29) is 0 Å². The average Bonchev–Trinajstić information content (AvgIpc) is 2.42. The lowest BCUT2D eigenvalue weighted by Crippen LogP contribution is -2.22. The van der Waals surface area contributed by atoms with Crippen molar-refractivity contribution in [1.29, 1.82) is 0 Å². The molecule has 0 amide bonds. The highest BCUT2D eigenvalue weighted by molar-refractivity contribution is 5.37. The number of ether oxygens (including phenoxy) is 1. The van der Waals surface area contributed by atoms with E-state index in [0.29, 0.717) is 6.04 Å². The first-order chi connectivity index (χ1) is 9.58. The van der Waals surface area contributed by atoms with Gasteiger partial charge in [-0.15, -0.1) is 0 Å². The molecule has 0 aromatic heterocycles. The quantitative estimate of drug-likeness (QED) is 0.695. The van der Waals surface area contributed by atoms with Gasteiger partial charge in [-0.1, -0.05) is 45.7 Å². The van der Waals surface area contributed by atoms with Crippen molar-refractivity contribution >= 4 is 0 Å². The molecule has 2 heteroatoms. The molecule has 1 unspecified atom stereocenters. The zero-order valence-corrected chi connectivity index (χ0v) is 13.8. The Morgan fingerprint density at radius 1 is 1.20 bits per heavy atom. The molecule has 1 aromatic rings. The lowest BCUT2D eigenvalue weighted by Gasteiger charge is -2.20. The van der Waals surface area contributed by atoms with E-state index in [1.54, 1.807) is 7.11 Å². The van der Waals surface area contributed by atoms with Gasteiger partial charge < -0.3 is 10.1 Å². The Labute approximate surface area is 124 Å². The maximum Gasteiger partial charge on any atom is 0.121 e. The molecule has 0 fully saturated rings. The average molecular weight is 277 g/mol. The topological polar surface area (TPSA) is 21.3 Å². The molecule has 0 spiro atoms. The molecule has 1 aromatic carbocycles. The fourth-order valence-electron chi connectivity index (χ4n) is 2.55. The van der Waals surface area contributed by atoms with Crippen LogP contribution in [0.15, 0.2) is 18.2 Å². The highest BCUT2D eigenvalue weighted by Gasteiger charge is 2.12. The third kappa shape index (κ3) is 5.54. The number of aryl methyl sites for hydroxylation is 1. The molecule has 114 valence electrons. The maximum absolute atomic E-state index is 5.35. The van der Waals surface area contributed by atoms with Crippen molar-refractivity contribution in [3.8, 4) is 5.75 Å². The first-order valence-corrected chi connectivity index (χ1v) is 7.96. The molecule has 2 nitrogen and oxygen atoms in total. The summed E-state index contributed by atoms with van der Waals surface area (Å²) in [4.78, 5) is 0. The molecule has 1 atom stereocenters. The Morgan fingerprint density at radius 2 is 1.95 bits per heavy atom. The van der Waals surface area contributed by atoms with Gasteiger partial charge in [0.15, 0.2) is 0 Å². The zero-order chi connectivity index (χ0) is 15.0. The highest BCUT2D eigenvalue weighted by Crippen LogP contribution is 2.26. The summed E-state index contributed by atoms with van der Waals surface area (Å²) in [5.74, 6) is 1.77. The van der Waals surface area contributed by atoms with Crippen molar-refractivity contribution in [1.82, 2.24) is 5.32 Å². The Kier molecular flexibility index (Phi) is 7.68. The van der Waals surface area contributed by atoms with Crippen LogP contribution in [0, 0.1) is 12.8 Å². The molecule has 0 heterocycles. The van der Waals surface area contributed by atoms with Crippen LogP contribution in [0.1, 0.15) is 63.6 Å². The summed E-state index contributed by atoms with van der Waals surface area (Å²) in [6, 6.07) is 7.03. The van der Waals surface area contributed by atoms with Crippen LogP contribution in [0.5, 0.6) is 5.75 Å². The second-order valence-corrected chi connectivity index (χ2v) is 6.06. The molecule has 0 aliphatic carbocycles. The number of nitrogens with one attached hydrogen (secondary N) is 1. The number of methoxy groups -OCH3 is 1. The molecule has 1 rings (SSSR count). The summed E-state index contributed by atoms with van der Waals surface area (Å²) in [6.07, 6.45) is 4.98. The molecular formula is C18H31NO. The third-order valence-corrected chi connectivity index (χ3v) is 3.74. The fourth-order valence-corrected chi connectivity index (χ4v) is 2.55. The van der Waals surface area contributed by atoms with Gasteiger partial charge in [-0.3, -0.25) is 0 Å². The summed E-state index contributed by atoms with van der Waals surface area (Å²) >= 11 is 0. The van der Waals surface area contributed by atoms with E-state index in [1.807, 2.05) is 0 Å². The van der Waals surface area contributed by atoms with Gasteiger partial charge >= 0.3 is 0 Å². The van der Waals surface area contributed by atoms with E-state index >= 15 is 0 Å². The van der Waals surface area contributed by atoms with Gasteiger partial charge in [0.05, 0.1) is 7.11 Å². The second-order valence-electron chi connectivity index (χ2n) is 6.06. The van der Waals surface area contributed by atoms with Crippen molar-refractivity contribution in [2.24, 2.45) is 5.92 Å². The van der Waals surface area contributed by atoms with Crippen LogP contribution in [0.2, 0.25) is 0 Å². The lowest BCUT2D eigenvalue weighted by molar-refractivity contribution is 0.410. The second kappa shape index (κ2) is 9.02. The first kappa shape index (κ1) is 17.0. The van der Waals surface area contributed by atoms with E-state index < -0.39 is 0 Å². The van der Waals surface area contributed by atoms with Gasteiger partial charge in [-0.25, -0.2) is 0 Å². The summed E-state index contributed by atoms with van der Waals surface area (Å²) in [5.41, 5.74) is 2.61. The smallest absolute Gasteiger partial charge is 0.121 e. The molecule has 0 saturated heterocycles. The van der Waals surface area contributed by atoms with Crippen LogP contribution >= 0.6 is 0 Å². The van der Waals surface area contributed by atoms with Gasteiger partial charge in [0, 0.05) is 6.04 Å². The Balaban J connectivity index is 2.72. The van der Waals surface area contributed by atoms with Gasteiger partial charge in [0.1, 0.15) is 5.75 Å². The normalized spacial score (nSPS) is 12.7. The van der Waals surface area contributed by atoms with Crippen molar-refractivity contribution in [2.45, 2.75) is 59.4 Å². The Morgan fingerprint density at radius 3 is 2.50 bits per heavy atom. The molecule has 1 N–H and O–H groups in total. The number of hydrogen-bond donors (Lipinski definition) is 1. The zero-order valence-electron chi connectivity index (χ0n) is 13.8. The molecule has 0 aliphatic heterocycles. The van der Waals surface area contributed by atoms with Gasteiger partial charge in [-0.05, 0) is 49.4 Å². The summed E-state index contributed by atoms with van der Waals surface area (Å²) < 4.78 is 5.35. The van der Waals surface area contributed by atoms with Crippen LogP contribution in [0.4, 0.5) is 0 Å². The predicted molar refractivity (Wildman–Crippen MR) is 87.5 cm³/mol. The number of rotatable bonds is 9. The van der Waals surface area contributed by atoms with Crippen molar-refractivity contribution < 1.29 is 4.74 Å². The predicted octanol–water partition coefficient (Wildman–Crippen LogP) is 4.87. The fraction of sp³-hybridized carbons (Fsp3) is 0.667. The lowest BCUT2D eigenvalue weighted by atomic mass is 9.96. The molecule has 0 bridgehead atoms. The van der Waals surface area contributed by atoms with E-state index in [0.717, 1.165) is 18.2 Å². The minimum Gasteiger partial charge on any atom is -0.496 e. The van der Waals surface area contributed by atoms with Crippen molar-refractivity contribution in [3.63, 3.8) is 0 Å². The summed E-state index contributed by atoms with van der Waals surface area (Å²) in [5, 5.41) is 3.68. The van der Waals surface area contributed by atoms with Crippen LogP contribution < -0.4 is 10.1 Å². The number of hydrogen-bond acceptors (Lipinski definition) is 2. The molecular weight excluding hydrogens is 246 g/mol. The molecule has 0 aliphatic rings. The standard InChI is InChI=1S/C18H31NO/c1-6-12-19-17(9-7-8-14(2)3)16-10-11-18(20-5)15(4)13-16/h10-11,13-14,17,19H,6-9,12H2,1-5H3. The van der Waals surface area contributed by atoms with Crippen molar-refractivity contribution in [3.05, 3.63) is 29.3 Å². The molecule has 0 saturated carbocycles. The van der Waals surface area contributed by atoms with Crippen LogP contribution in [0.25, 0.3) is 0 Å². The maximum atomic E-state index is 5.35. The van der Waals surface area contributed by atoms with Gasteiger partial charge in [-0.2, -0.15) is 0 Å². The van der Waals surface area contributed by atoms with Crippen LogP contribution in [0.3, 0.4) is 0 Å². The van der Waals surface area contributed by atoms with E-state index in [1.165, 1.54) is 36.8 Å². The van der Waals surface area contributed by atoms with Gasteiger partial charge in [0.25, 0.3) is 0 Å². The van der Waals surface area contributed by atoms with E-state index in [4.69, 9.17) is 4.74 Å². The van der Waals surface area contributed by atoms with Gasteiger partial charge in [0.2, 0.25) is 0 Å². The largest absolute Gasteiger partial charge is 0.496 e. The summed E-state index contributed by atoms with van der Waals surface area (Å²) in [7, 11) is 1.73. The third-order valence-electron chi connectivity index (χ3n) is 3.74. The Hall–Kier alpha value is -1.02. The van der Waals surface area contributed by atoms with Crippen molar-refractivity contribution in [2.75, 3.05) is 13.7 Å².